The second-order valence-corrected chi connectivity index (χ2v) is 4.08. The van der Waals surface area contributed by atoms with E-state index in [9.17, 15) is 8.42 Å². The molecule has 13 heavy (non-hydrogen) atoms. The molecule has 0 unspecified atom stereocenters. The monoisotopic (exact) mass is 202 g/mol. The number of hydrogen-bond donors (Lipinski definition) is 1. The molecular formula is C8H12NO3S+. The van der Waals surface area contributed by atoms with Crippen LogP contribution in [-0.4, -0.2) is 13.0 Å². The first-order valence-electron chi connectivity index (χ1n) is 4.01. The summed E-state index contributed by atoms with van der Waals surface area (Å²) in [6.07, 6.45) is 2.45. The van der Waals surface area contributed by atoms with Gasteiger partial charge in [-0.2, -0.15) is 13.0 Å². The Morgan fingerprint density at radius 1 is 1.46 bits per heavy atom. The average molecular weight is 202 g/mol. The van der Waals surface area contributed by atoms with E-state index in [-0.39, 0.29) is 5.03 Å². The van der Waals surface area contributed by atoms with E-state index in [0.717, 1.165) is 6.42 Å². The Kier molecular flexibility index (Phi) is 3.00. The molecule has 0 fully saturated rings. The highest BCUT2D eigenvalue weighted by Gasteiger charge is 2.21. The Hall–Kier alpha value is -0.940. The Morgan fingerprint density at radius 2 is 2.15 bits per heavy atom. The van der Waals surface area contributed by atoms with Gasteiger partial charge in [0.05, 0.1) is 0 Å². The van der Waals surface area contributed by atoms with E-state index in [1.807, 2.05) is 6.92 Å². The molecule has 0 radical (unpaired) electrons. The molecule has 0 atom stereocenters. The van der Waals surface area contributed by atoms with E-state index in [0.29, 0.717) is 6.54 Å². The summed E-state index contributed by atoms with van der Waals surface area (Å²) >= 11 is 0. The van der Waals surface area contributed by atoms with Crippen molar-refractivity contribution in [1.29, 1.82) is 0 Å². The number of hydrogen-bond acceptors (Lipinski definition) is 2. The van der Waals surface area contributed by atoms with Gasteiger partial charge in [-0.25, -0.2) is 0 Å². The van der Waals surface area contributed by atoms with Crippen LogP contribution in [0.3, 0.4) is 0 Å². The highest BCUT2D eigenvalue weighted by atomic mass is 32.2. The van der Waals surface area contributed by atoms with Crippen LogP contribution in [0.5, 0.6) is 0 Å². The van der Waals surface area contributed by atoms with Crippen LogP contribution in [0.4, 0.5) is 0 Å². The number of nitrogens with zero attached hydrogens (tertiary/aromatic N) is 1. The normalized spacial score (nSPS) is 11.5. The van der Waals surface area contributed by atoms with Gasteiger partial charge < -0.3 is 0 Å². The van der Waals surface area contributed by atoms with Crippen molar-refractivity contribution >= 4 is 10.1 Å². The molecule has 0 aromatic carbocycles. The van der Waals surface area contributed by atoms with Gasteiger partial charge in [0.2, 0.25) is 0 Å². The predicted octanol–water partition coefficient (Wildman–Crippen LogP) is 0.631. The summed E-state index contributed by atoms with van der Waals surface area (Å²) in [7, 11) is -4.09. The summed E-state index contributed by atoms with van der Waals surface area (Å²) < 4.78 is 32.1. The first kappa shape index (κ1) is 10.1. The Balaban J connectivity index is 3.20. The summed E-state index contributed by atoms with van der Waals surface area (Å²) in [4.78, 5) is 0. The Bertz CT molecular complexity index is 386. The van der Waals surface area contributed by atoms with Crippen molar-refractivity contribution in [3.05, 3.63) is 24.4 Å². The van der Waals surface area contributed by atoms with Crippen molar-refractivity contribution < 1.29 is 17.5 Å². The molecule has 1 aromatic rings. The van der Waals surface area contributed by atoms with E-state index in [1.165, 1.54) is 10.6 Å². The van der Waals surface area contributed by atoms with Crippen LogP contribution in [-0.2, 0) is 16.7 Å². The van der Waals surface area contributed by atoms with Gasteiger partial charge in [-0.05, 0) is 6.07 Å². The second-order valence-electron chi connectivity index (χ2n) is 2.71. The lowest BCUT2D eigenvalue weighted by Gasteiger charge is -1.98. The van der Waals surface area contributed by atoms with Gasteiger partial charge in [-0.15, -0.1) is 0 Å². The summed E-state index contributed by atoms with van der Waals surface area (Å²) in [6.45, 7) is 2.52. The quantitative estimate of drug-likeness (QED) is 0.577. The molecule has 1 rings (SSSR count). The third kappa shape index (κ3) is 2.50. The molecule has 4 nitrogen and oxygen atoms in total. The summed E-state index contributed by atoms with van der Waals surface area (Å²) in [5.74, 6) is 0. The van der Waals surface area contributed by atoms with Crippen molar-refractivity contribution in [2.24, 2.45) is 0 Å². The molecule has 1 heterocycles. The molecule has 0 bridgehead atoms. The van der Waals surface area contributed by atoms with Gasteiger partial charge in [0, 0.05) is 18.6 Å². The molecule has 0 aliphatic carbocycles. The van der Waals surface area contributed by atoms with Crippen molar-refractivity contribution in [2.75, 3.05) is 0 Å². The fourth-order valence-electron chi connectivity index (χ4n) is 1.12. The molecule has 0 saturated carbocycles. The van der Waals surface area contributed by atoms with Gasteiger partial charge in [0.1, 0.15) is 6.54 Å². The minimum atomic E-state index is -4.09. The predicted molar refractivity (Wildman–Crippen MR) is 46.7 cm³/mol. The second kappa shape index (κ2) is 3.85. The third-order valence-electron chi connectivity index (χ3n) is 1.63. The summed E-state index contributed by atoms with van der Waals surface area (Å²) in [5.41, 5.74) is 0. The van der Waals surface area contributed by atoms with Gasteiger partial charge in [0.25, 0.3) is 0 Å². The van der Waals surface area contributed by atoms with Gasteiger partial charge in [-0.3, -0.25) is 4.55 Å². The zero-order chi connectivity index (χ0) is 9.90. The number of pyridine rings is 1. The molecule has 0 aliphatic rings. The van der Waals surface area contributed by atoms with Crippen molar-refractivity contribution in [1.82, 2.24) is 0 Å². The van der Waals surface area contributed by atoms with Crippen LogP contribution in [0, 0.1) is 0 Å². The van der Waals surface area contributed by atoms with Crippen molar-refractivity contribution in [3.8, 4) is 0 Å². The molecule has 1 aromatic heterocycles. The van der Waals surface area contributed by atoms with E-state index >= 15 is 0 Å². The maximum atomic E-state index is 10.9. The zero-order valence-corrected chi connectivity index (χ0v) is 8.16. The van der Waals surface area contributed by atoms with E-state index < -0.39 is 10.1 Å². The fraction of sp³-hybridized carbons (Fsp3) is 0.375. The van der Waals surface area contributed by atoms with E-state index in [2.05, 4.69) is 0 Å². The molecule has 0 amide bonds. The molecule has 72 valence electrons. The van der Waals surface area contributed by atoms with E-state index in [1.54, 1.807) is 18.3 Å². The van der Waals surface area contributed by atoms with Crippen LogP contribution in [0.1, 0.15) is 13.3 Å². The Morgan fingerprint density at radius 3 is 2.69 bits per heavy atom. The number of rotatable bonds is 3. The van der Waals surface area contributed by atoms with Crippen LogP contribution in [0.2, 0.25) is 0 Å². The minimum Gasteiger partial charge on any atom is -0.277 e. The number of aryl methyl sites for hydroxylation is 1. The van der Waals surface area contributed by atoms with Gasteiger partial charge >= 0.3 is 15.1 Å². The summed E-state index contributed by atoms with van der Waals surface area (Å²) in [5, 5.41) is -0.0585. The minimum absolute atomic E-state index is 0.0585. The lowest BCUT2D eigenvalue weighted by molar-refractivity contribution is -0.734. The molecule has 0 spiro atoms. The first-order valence-corrected chi connectivity index (χ1v) is 5.45. The van der Waals surface area contributed by atoms with Crippen LogP contribution in [0.15, 0.2) is 29.4 Å². The topological polar surface area (TPSA) is 58.2 Å². The zero-order valence-electron chi connectivity index (χ0n) is 7.34. The van der Waals surface area contributed by atoms with Gasteiger partial charge in [0.15, 0.2) is 6.20 Å². The molecular weight excluding hydrogens is 190 g/mol. The smallest absolute Gasteiger partial charge is 0.277 e. The van der Waals surface area contributed by atoms with Crippen LogP contribution in [0.25, 0.3) is 0 Å². The fourth-order valence-corrected chi connectivity index (χ4v) is 1.82. The van der Waals surface area contributed by atoms with E-state index in [4.69, 9.17) is 4.55 Å². The highest BCUT2D eigenvalue weighted by molar-refractivity contribution is 7.85. The average Bonchev–Trinajstić information content (AvgIpc) is 2.04. The lowest BCUT2D eigenvalue weighted by atomic mass is 10.4. The third-order valence-corrected chi connectivity index (χ3v) is 2.53. The Labute approximate surface area is 77.6 Å². The standard InChI is InChI=1S/C8H11NO3S/c1-2-6-9-7-4-3-5-8(9)13(10,11)12/h3-5,7H,2,6H2,1H3/p+1. The highest BCUT2D eigenvalue weighted by Crippen LogP contribution is 2.00. The van der Waals surface area contributed by atoms with Crippen molar-refractivity contribution in [2.45, 2.75) is 24.9 Å². The SMILES string of the molecule is CCC[n+]1ccccc1S(=O)(=O)O. The largest absolute Gasteiger partial charge is 0.355 e. The number of aromatic nitrogens is 1. The maximum absolute atomic E-state index is 10.9. The molecule has 0 aliphatic heterocycles. The first-order chi connectivity index (χ1) is 6.05. The summed E-state index contributed by atoms with van der Waals surface area (Å²) in [6, 6.07) is 4.69. The van der Waals surface area contributed by atoms with Crippen molar-refractivity contribution in [3.63, 3.8) is 0 Å². The lowest BCUT2D eigenvalue weighted by Crippen LogP contribution is -2.39. The van der Waals surface area contributed by atoms with Crippen LogP contribution < -0.4 is 4.57 Å². The molecule has 0 saturated heterocycles. The van der Waals surface area contributed by atoms with Crippen LogP contribution >= 0.6 is 0 Å². The molecule has 1 N–H and O–H groups in total. The van der Waals surface area contributed by atoms with Gasteiger partial charge in [-0.1, -0.05) is 6.92 Å². The maximum Gasteiger partial charge on any atom is 0.355 e. The molecule has 5 heteroatoms.